The first-order valence-corrected chi connectivity index (χ1v) is 22.8. The highest BCUT2D eigenvalue weighted by molar-refractivity contribution is 5.71. The second kappa shape index (κ2) is 42.6. The van der Waals surface area contributed by atoms with E-state index in [2.05, 4.69) is 45.1 Å². The molecule has 0 saturated carbocycles. The highest BCUT2D eigenvalue weighted by Crippen LogP contribution is 2.14. The third-order valence-corrected chi connectivity index (χ3v) is 9.93. The quantitative estimate of drug-likeness (QED) is 0.0268. The van der Waals surface area contributed by atoms with Gasteiger partial charge in [0.1, 0.15) is 13.2 Å². The second-order valence-electron chi connectivity index (χ2n) is 15.3. The summed E-state index contributed by atoms with van der Waals surface area (Å²) in [6.07, 6.45) is 45.9. The number of carbonyl (C=O) groups excluding carboxylic acids is 3. The first-order chi connectivity index (χ1) is 26.0. The van der Waals surface area contributed by atoms with E-state index in [1.165, 1.54) is 128 Å². The fraction of sp³-hybridized carbons (Fsp3) is 0.851. The lowest BCUT2D eigenvalue weighted by Gasteiger charge is -2.18. The Morgan fingerprint density at radius 3 is 1.06 bits per heavy atom. The lowest BCUT2D eigenvalue weighted by molar-refractivity contribution is -0.167. The van der Waals surface area contributed by atoms with Crippen LogP contribution in [0.25, 0.3) is 0 Å². The van der Waals surface area contributed by atoms with Gasteiger partial charge in [-0.25, -0.2) is 0 Å². The van der Waals surface area contributed by atoms with Crippen LogP contribution in [0.5, 0.6) is 0 Å². The van der Waals surface area contributed by atoms with Crippen LogP contribution in [0.15, 0.2) is 24.3 Å². The van der Waals surface area contributed by atoms with Gasteiger partial charge in [-0.3, -0.25) is 14.4 Å². The molecule has 6 nitrogen and oxygen atoms in total. The van der Waals surface area contributed by atoms with E-state index in [9.17, 15) is 14.4 Å². The number of allylic oxidation sites excluding steroid dienone is 4. The monoisotopic (exact) mass is 747 g/mol. The van der Waals surface area contributed by atoms with Crippen molar-refractivity contribution in [3.8, 4) is 0 Å². The van der Waals surface area contributed by atoms with Crippen LogP contribution in [0, 0.1) is 0 Å². The van der Waals surface area contributed by atoms with E-state index in [0.717, 1.165) is 70.6 Å². The van der Waals surface area contributed by atoms with Crippen molar-refractivity contribution in [3.05, 3.63) is 24.3 Å². The third-order valence-electron chi connectivity index (χ3n) is 9.93. The molecule has 0 N–H and O–H groups in total. The van der Waals surface area contributed by atoms with Crippen molar-refractivity contribution in [2.24, 2.45) is 0 Å². The molecule has 0 spiro atoms. The van der Waals surface area contributed by atoms with Crippen molar-refractivity contribution in [2.75, 3.05) is 13.2 Å². The van der Waals surface area contributed by atoms with Gasteiger partial charge in [-0.05, 0) is 64.2 Å². The Labute approximate surface area is 328 Å². The van der Waals surface area contributed by atoms with Crippen LogP contribution in [0.4, 0.5) is 0 Å². The Morgan fingerprint density at radius 2 is 0.642 bits per heavy atom. The predicted octanol–water partition coefficient (Wildman–Crippen LogP) is 14.4. The number of carbonyl (C=O) groups is 3. The minimum absolute atomic E-state index is 0.0849. The predicted molar refractivity (Wildman–Crippen MR) is 224 cm³/mol. The van der Waals surface area contributed by atoms with Crippen LogP contribution in [0.2, 0.25) is 0 Å². The summed E-state index contributed by atoms with van der Waals surface area (Å²) >= 11 is 0. The maximum absolute atomic E-state index is 12.7. The van der Waals surface area contributed by atoms with E-state index in [0.29, 0.717) is 19.3 Å². The van der Waals surface area contributed by atoms with Crippen LogP contribution in [0.1, 0.15) is 239 Å². The molecule has 0 aromatic rings. The molecule has 0 rings (SSSR count). The molecule has 0 heterocycles. The van der Waals surface area contributed by atoms with E-state index < -0.39 is 6.10 Å². The van der Waals surface area contributed by atoms with Gasteiger partial charge in [-0.1, -0.05) is 180 Å². The lowest BCUT2D eigenvalue weighted by atomic mass is 10.0. The smallest absolute Gasteiger partial charge is 0.306 e. The zero-order valence-electron chi connectivity index (χ0n) is 35.3. The summed E-state index contributed by atoms with van der Waals surface area (Å²) in [5.74, 6) is -0.931. The van der Waals surface area contributed by atoms with Crippen LogP contribution >= 0.6 is 0 Å². The van der Waals surface area contributed by atoms with Gasteiger partial charge in [0.15, 0.2) is 6.10 Å². The number of esters is 3. The highest BCUT2D eigenvalue weighted by Gasteiger charge is 2.19. The summed E-state index contributed by atoms with van der Waals surface area (Å²) < 4.78 is 16.6. The molecule has 1 atom stereocenters. The minimum atomic E-state index is -0.780. The van der Waals surface area contributed by atoms with Gasteiger partial charge in [-0.2, -0.15) is 0 Å². The van der Waals surface area contributed by atoms with Gasteiger partial charge in [0.2, 0.25) is 0 Å². The minimum Gasteiger partial charge on any atom is -0.462 e. The number of rotatable bonds is 41. The van der Waals surface area contributed by atoms with E-state index >= 15 is 0 Å². The average molecular weight is 747 g/mol. The first kappa shape index (κ1) is 50.9. The zero-order valence-corrected chi connectivity index (χ0v) is 35.3. The number of unbranched alkanes of at least 4 members (excludes halogenated alkanes) is 26. The van der Waals surface area contributed by atoms with Crippen molar-refractivity contribution in [1.29, 1.82) is 0 Å². The summed E-state index contributed by atoms with van der Waals surface area (Å²) in [6, 6.07) is 0. The molecule has 0 aliphatic rings. The molecule has 53 heavy (non-hydrogen) atoms. The van der Waals surface area contributed by atoms with E-state index in [4.69, 9.17) is 14.2 Å². The molecule has 0 saturated heterocycles. The fourth-order valence-electron chi connectivity index (χ4n) is 6.44. The average Bonchev–Trinajstić information content (AvgIpc) is 3.15. The normalized spacial score (nSPS) is 12.1. The van der Waals surface area contributed by atoms with Gasteiger partial charge >= 0.3 is 17.9 Å². The summed E-state index contributed by atoms with van der Waals surface area (Å²) in [6.45, 7) is 6.56. The van der Waals surface area contributed by atoms with Crippen LogP contribution < -0.4 is 0 Å². The molecule has 1 unspecified atom stereocenters. The molecule has 310 valence electrons. The Kier molecular flexibility index (Phi) is 40.9. The maximum Gasteiger partial charge on any atom is 0.306 e. The molecule has 0 aromatic heterocycles. The topological polar surface area (TPSA) is 78.9 Å². The molecular weight excluding hydrogens is 661 g/mol. The van der Waals surface area contributed by atoms with Gasteiger partial charge in [0, 0.05) is 19.3 Å². The lowest BCUT2D eigenvalue weighted by Crippen LogP contribution is -2.30. The van der Waals surface area contributed by atoms with Crippen LogP contribution in [0.3, 0.4) is 0 Å². The Morgan fingerprint density at radius 1 is 0.358 bits per heavy atom. The number of hydrogen-bond acceptors (Lipinski definition) is 6. The van der Waals surface area contributed by atoms with Crippen molar-refractivity contribution < 1.29 is 28.6 Å². The summed E-state index contributed by atoms with van der Waals surface area (Å²) in [4.78, 5) is 37.6. The largest absolute Gasteiger partial charge is 0.462 e. The Hall–Kier alpha value is -2.11. The van der Waals surface area contributed by atoms with E-state index in [1.54, 1.807) is 0 Å². The second-order valence-corrected chi connectivity index (χ2v) is 15.3. The van der Waals surface area contributed by atoms with Gasteiger partial charge < -0.3 is 14.2 Å². The molecule has 0 aliphatic carbocycles. The highest BCUT2D eigenvalue weighted by atomic mass is 16.6. The molecule has 0 bridgehead atoms. The van der Waals surface area contributed by atoms with E-state index in [-0.39, 0.29) is 31.1 Å². The number of ether oxygens (including phenoxy) is 3. The standard InChI is InChI=1S/C47H86O6/c1-4-7-10-13-16-19-21-23-25-28-31-34-37-40-46(49)52-43-44(42-51-45(48)39-36-33-30-27-18-15-12-9-6-3)53-47(50)41-38-35-32-29-26-24-22-20-17-14-11-8-5-2/h23,25,27,30,44H,4-22,24,26,28-29,31-43H2,1-3H3/b25-23-,30-27-. The zero-order chi connectivity index (χ0) is 38.7. The Balaban J connectivity index is 4.38. The van der Waals surface area contributed by atoms with Crippen molar-refractivity contribution >= 4 is 17.9 Å². The molecule has 0 aliphatic heterocycles. The van der Waals surface area contributed by atoms with Gasteiger partial charge in [0.05, 0.1) is 0 Å². The molecule has 0 amide bonds. The molecular formula is C47H86O6. The van der Waals surface area contributed by atoms with Crippen LogP contribution in [-0.2, 0) is 28.6 Å². The Bertz CT molecular complexity index is 865. The third kappa shape index (κ3) is 40.9. The maximum atomic E-state index is 12.7. The summed E-state index contributed by atoms with van der Waals surface area (Å²) in [7, 11) is 0. The van der Waals surface area contributed by atoms with Crippen molar-refractivity contribution in [2.45, 2.75) is 245 Å². The van der Waals surface area contributed by atoms with E-state index in [1.807, 2.05) is 0 Å². The van der Waals surface area contributed by atoms with Crippen molar-refractivity contribution in [3.63, 3.8) is 0 Å². The number of hydrogen-bond donors (Lipinski definition) is 0. The molecule has 0 radical (unpaired) electrons. The van der Waals surface area contributed by atoms with Crippen LogP contribution in [-0.4, -0.2) is 37.2 Å². The molecule has 6 heteroatoms. The summed E-state index contributed by atoms with van der Waals surface area (Å²) in [5, 5.41) is 0. The van der Waals surface area contributed by atoms with Gasteiger partial charge in [0.25, 0.3) is 0 Å². The molecule has 0 fully saturated rings. The summed E-state index contributed by atoms with van der Waals surface area (Å²) in [5.41, 5.74) is 0. The fourth-order valence-corrected chi connectivity index (χ4v) is 6.44. The first-order valence-electron chi connectivity index (χ1n) is 22.8. The van der Waals surface area contributed by atoms with Crippen molar-refractivity contribution in [1.82, 2.24) is 0 Å². The SMILES string of the molecule is CCCCCC/C=C\CCCC(=O)OCC(COC(=O)CCCCC/C=C\CCCCCCCC)OC(=O)CCCCCCCCCCCCCCC. The molecule has 0 aromatic carbocycles. The van der Waals surface area contributed by atoms with Gasteiger partial charge in [-0.15, -0.1) is 0 Å².